The van der Waals surface area contributed by atoms with Gasteiger partial charge in [0.25, 0.3) is 0 Å². The molecule has 0 saturated heterocycles. The van der Waals surface area contributed by atoms with Crippen LogP contribution in [0.25, 0.3) is 10.7 Å². The molecule has 0 atom stereocenters. The van der Waals surface area contributed by atoms with Gasteiger partial charge in [0.2, 0.25) is 0 Å². The van der Waals surface area contributed by atoms with Crippen LogP contribution in [0, 0.1) is 0 Å². The maximum absolute atomic E-state index is 5.83. The molecule has 0 unspecified atom stereocenters. The van der Waals surface area contributed by atoms with Gasteiger partial charge in [0, 0.05) is 24.7 Å². The number of pyridine rings is 1. The number of hydrogen-bond acceptors (Lipinski definition) is 5. The first-order chi connectivity index (χ1) is 8.74. The van der Waals surface area contributed by atoms with E-state index in [4.69, 9.17) is 16.3 Å². The van der Waals surface area contributed by atoms with E-state index in [1.54, 1.807) is 24.6 Å². The van der Waals surface area contributed by atoms with Crippen LogP contribution in [0.1, 0.15) is 10.6 Å². The summed E-state index contributed by atoms with van der Waals surface area (Å²) in [5.74, 6) is 0. The van der Waals surface area contributed by atoms with Gasteiger partial charge in [0.1, 0.15) is 5.01 Å². The monoisotopic (exact) mass is 283 g/mol. The van der Waals surface area contributed by atoms with Crippen LogP contribution in [0.5, 0.6) is 0 Å². The van der Waals surface area contributed by atoms with E-state index in [0.717, 1.165) is 22.9 Å². The van der Waals surface area contributed by atoms with E-state index in [1.165, 1.54) is 4.88 Å². The number of ether oxygens (including phenoxy) is 1. The van der Waals surface area contributed by atoms with E-state index in [1.807, 2.05) is 19.2 Å². The summed E-state index contributed by atoms with van der Waals surface area (Å²) in [7, 11) is 3.58. The Kier molecular flexibility index (Phi) is 4.66. The minimum atomic E-state index is 0.515. The summed E-state index contributed by atoms with van der Waals surface area (Å²) >= 11 is 7.45. The van der Waals surface area contributed by atoms with Crippen molar-refractivity contribution in [3.05, 3.63) is 33.9 Å². The summed E-state index contributed by atoms with van der Waals surface area (Å²) in [5.41, 5.74) is 1.80. The number of thiazole rings is 1. The molecule has 18 heavy (non-hydrogen) atoms. The maximum Gasteiger partial charge on any atom is 0.142 e. The molecule has 0 bridgehead atoms. The Morgan fingerprint density at radius 2 is 2.28 bits per heavy atom. The molecule has 6 heteroatoms. The second-order valence-electron chi connectivity index (χ2n) is 3.71. The molecule has 0 aliphatic carbocycles. The van der Waals surface area contributed by atoms with E-state index in [2.05, 4.69) is 15.3 Å². The van der Waals surface area contributed by atoms with Crippen LogP contribution in [0.15, 0.2) is 18.3 Å². The minimum Gasteiger partial charge on any atom is -0.378 e. The first-order valence-corrected chi connectivity index (χ1v) is 6.68. The molecule has 2 aromatic rings. The molecule has 2 rings (SSSR count). The lowest BCUT2D eigenvalue weighted by Crippen LogP contribution is -2.06. The van der Waals surface area contributed by atoms with Crippen LogP contribution in [0.2, 0.25) is 5.02 Å². The van der Waals surface area contributed by atoms with Crippen molar-refractivity contribution in [1.29, 1.82) is 0 Å². The lowest BCUT2D eigenvalue weighted by atomic mass is 10.3. The molecule has 0 aliphatic rings. The fraction of sp³-hybridized carbons (Fsp3) is 0.333. The molecule has 0 spiro atoms. The lowest BCUT2D eigenvalue weighted by Gasteiger charge is -1.98. The molecule has 2 heterocycles. The molecule has 4 nitrogen and oxygen atoms in total. The largest absolute Gasteiger partial charge is 0.378 e. The Morgan fingerprint density at radius 1 is 1.44 bits per heavy atom. The zero-order valence-corrected chi connectivity index (χ0v) is 11.8. The van der Waals surface area contributed by atoms with Gasteiger partial charge in [-0.3, -0.25) is 4.98 Å². The first-order valence-electron chi connectivity index (χ1n) is 5.48. The number of aromatic nitrogens is 2. The van der Waals surface area contributed by atoms with Gasteiger partial charge in [0.05, 0.1) is 23.0 Å². The van der Waals surface area contributed by atoms with Crippen molar-refractivity contribution in [2.75, 3.05) is 14.2 Å². The Labute approximate surface area is 115 Å². The highest BCUT2D eigenvalue weighted by Crippen LogP contribution is 2.27. The molecule has 2 aromatic heterocycles. The summed E-state index contributed by atoms with van der Waals surface area (Å²) < 4.78 is 5.16. The lowest BCUT2D eigenvalue weighted by molar-refractivity contribution is 0.181. The average molecular weight is 284 g/mol. The summed E-state index contributed by atoms with van der Waals surface area (Å²) in [6, 6.07) is 3.69. The summed E-state index contributed by atoms with van der Waals surface area (Å²) in [5, 5.41) is 4.65. The molecule has 0 aromatic carbocycles. The van der Waals surface area contributed by atoms with Crippen molar-refractivity contribution in [3.63, 3.8) is 0 Å². The zero-order valence-electron chi connectivity index (χ0n) is 10.2. The van der Waals surface area contributed by atoms with Gasteiger partial charge in [-0.2, -0.15) is 0 Å². The summed E-state index contributed by atoms with van der Waals surface area (Å²) in [6.07, 6.45) is 1.63. The number of nitrogens with one attached hydrogen (secondary N) is 1. The van der Waals surface area contributed by atoms with E-state index in [9.17, 15) is 0 Å². The molecular weight excluding hydrogens is 270 g/mol. The molecule has 0 aliphatic heterocycles. The summed E-state index contributed by atoms with van der Waals surface area (Å²) in [4.78, 5) is 10.0. The second-order valence-corrected chi connectivity index (χ2v) is 5.23. The number of halogens is 1. The van der Waals surface area contributed by atoms with Crippen molar-refractivity contribution >= 4 is 22.9 Å². The van der Waals surface area contributed by atoms with Gasteiger partial charge in [-0.15, -0.1) is 11.3 Å². The van der Waals surface area contributed by atoms with E-state index in [0.29, 0.717) is 11.6 Å². The Bertz CT molecular complexity index is 489. The highest BCUT2D eigenvalue weighted by molar-refractivity contribution is 7.15. The van der Waals surface area contributed by atoms with Gasteiger partial charge in [-0.05, 0) is 19.2 Å². The van der Waals surface area contributed by atoms with Gasteiger partial charge in [-0.25, -0.2) is 4.98 Å². The quantitative estimate of drug-likeness (QED) is 0.916. The van der Waals surface area contributed by atoms with Gasteiger partial charge >= 0.3 is 0 Å². The van der Waals surface area contributed by atoms with Crippen LogP contribution in [-0.4, -0.2) is 24.1 Å². The van der Waals surface area contributed by atoms with Crippen LogP contribution in [-0.2, 0) is 17.9 Å². The molecule has 0 amide bonds. The van der Waals surface area contributed by atoms with Gasteiger partial charge < -0.3 is 10.1 Å². The second kappa shape index (κ2) is 6.24. The van der Waals surface area contributed by atoms with Crippen molar-refractivity contribution in [3.8, 4) is 10.7 Å². The van der Waals surface area contributed by atoms with Gasteiger partial charge in [-0.1, -0.05) is 11.6 Å². The fourth-order valence-corrected chi connectivity index (χ4v) is 2.71. The van der Waals surface area contributed by atoms with Crippen molar-refractivity contribution < 1.29 is 4.74 Å². The number of rotatable bonds is 5. The molecule has 0 radical (unpaired) electrons. The molecule has 1 N–H and O–H groups in total. The molecule has 0 saturated carbocycles. The Morgan fingerprint density at radius 3 is 2.89 bits per heavy atom. The van der Waals surface area contributed by atoms with Crippen LogP contribution in [0.3, 0.4) is 0 Å². The third-order valence-corrected chi connectivity index (χ3v) is 3.69. The van der Waals surface area contributed by atoms with E-state index < -0.39 is 0 Å². The minimum absolute atomic E-state index is 0.515. The summed E-state index contributed by atoms with van der Waals surface area (Å²) in [6.45, 7) is 1.30. The van der Waals surface area contributed by atoms with Crippen molar-refractivity contribution in [2.45, 2.75) is 13.2 Å². The van der Waals surface area contributed by atoms with Crippen LogP contribution < -0.4 is 5.32 Å². The fourth-order valence-electron chi connectivity index (χ4n) is 1.54. The first kappa shape index (κ1) is 13.4. The Hall–Kier alpha value is -1.01. The predicted molar refractivity (Wildman–Crippen MR) is 73.8 cm³/mol. The zero-order chi connectivity index (χ0) is 13.0. The van der Waals surface area contributed by atoms with E-state index in [-0.39, 0.29) is 0 Å². The van der Waals surface area contributed by atoms with Gasteiger partial charge in [0.15, 0.2) is 0 Å². The topological polar surface area (TPSA) is 47.0 Å². The smallest absolute Gasteiger partial charge is 0.142 e. The number of hydrogen-bond donors (Lipinski definition) is 1. The van der Waals surface area contributed by atoms with Crippen molar-refractivity contribution in [1.82, 2.24) is 15.3 Å². The molecule has 96 valence electrons. The number of nitrogens with zero attached hydrogens (tertiary/aromatic N) is 2. The normalized spacial score (nSPS) is 10.8. The van der Waals surface area contributed by atoms with E-state index >= 15 is 0 Å². The molecule has 0 fully saturated rings. The van der Waals surface area contributed by atoms with Crippen LogP contribution >= 0.6 is 22.9 Å². The molecular formula is C12H14ClN3OS. The Balaban J connectivity index is 2.33. The highest BCUT2D eigenvalue weighted by Gasteiger charge is 2.12. The number of methoxy groups -OCH3 is 1. The average Bonchev–Trinajstić information content (AvgIpc) is 2.75. The van der Waals surface area contributed by atoms with Crippen molar-refractivity contribution in [2.24, 2.45) is 0 Å². The predicted octanol–water partition coefficient (Wildman–Crippen LogP) is 2.72. The SMILES string of the molecule is CNCc1sc(-c2ccc(Cl)cn2)nc1COC. The maximum atomic E-state index is 5.83. The third kappa shape index (κ3) is 3.05. The van der Waals surface area contributed by atoms with Crippen LogP contribution in [0.4, 0.5) is 0 Å². The standard InChI is InChI=1S/C12H14ClN3OS/c1-14-6-11-10(7-17-2)16-12(18-11)9-4-3-8(13)5-15-9/h3-5,14H,6-7H2,1-2H3. The highest BCUT2D eigenvalue weighted by atomic mass is 35.5. The third-order valence-electron chi connectivity index (χ3n) is 2.34.